The van der Waals surface area contributed by atoms with Gasteiger partial charge in [-0.2, -0.15) is 0 Å². The summed E-state index contributed by atoms with van der Waals surface area (Å²) in [7, 11) is 1.63. The highest BCUT2D eigenvalue weighted by molar-refractivity contribution is 14.0. The largest absolute Gasteiger partial charge is 0.497 e. The van der Waals surface area contributed by atoms with Gasteiger partial charge >= 0.3 is 0 Å². The van der Waals surface area contributed by atoms with Crippen LogP contribution >= 0.6 is 24.0 Å². The number of methoxy groups -OCH3 is 1. The van der Waals surface area contributed by atoms with Gasteiger partial charge in [0.2, 0.25) is 0 Å². The number of hydrogen-bond donors (Lipinski definition) is 2. The summed E-state index contributed by atoms with van der Waals surface area (Å²) in [4.78, 5) is 4.15. The predicted molar refractivity (Wildman–Crippen MR) is 88.7 cm³/mol. The third-order valence-corrected chi connectivity index (χ3v) is 2.14. The van der Waals surface area contributed by atoms with Gasteiger partial charge in [0.15, 0.2) is 5.96 Å². The standard InChI is InChI=1S/C13H21N3O2.HI/c1-10(2)16-13(14)15-8-9-18-12-6-4-11(17-3)5-7-12;/h4-7,10H,8-9H2,1-3H3,(H3,14,15,16);1H. The molecule has 0 aromatic heterocycles. The lowest BCUT2D eigenvalue weighted by Gasteiger charge is -2.09. The van der Waals surface area contributed by atoms with E-state index < -0.39 is 0 Å². The molecule has 19 heavy (non-hydrogen) atoms. The molecule has 0 radical (unpaired) electrons. The Hall–Kier alpha value is -1.18. The summed E-state index contributed by atoms with van der Waals surface area (Å²) in [5.74, 6) is 2.05. The van der Waals surface area contributed by atoms with Crippen molar-refractivity contribution in [3.63, 3.8) is 0 Å². The molecule has 0 saturated heterocycles. The first kappa shape index (κ1) is 17.8. The number of nitrogens with zero attached hydrogens (tertiary/aromatic N) is 1. The Balaban J connectivity index is 0.00000324. The lowest BCUT2D eigenvalue weighted by atomic mass is 10.3. The van der Waals surface area contributed by atoms with Crippen molar-refractivity contribution in [1.82, 2.24) is 5.32 Å². The maximum Gasteiger partial charge on any atom is 0.188 e. The van der Waals surface area contributed by atoms with Gasteiger partial charge in [0, 0.05) is 6.04 Å². The van der Waals surface area contributed by atoms with Crippen LogP contribution < -0.4 is 20.5 Å². The van der Waals surface area contributed by atoms with Gasteiger partial charge in [-0.05, 0) is 38.1 Å². The first-order valence-electron chi connectivity index (χ1n) is 5.95. The molecule has 5 nitrogen and oxygen atoms in total. The van der Waals surface area contributed by atoms with Crippen LogP contribution in [0.25, 0.3) is 0 Å². The second-order valence-corrected chi connectivity index (χ2v) is 4.09. The van der Waals surface area contributed by atoms with Crippen LogP contribution in [0.3, 0.4) is 0 Å². The van der Waals surface area contributed by atoms with Gasteiger partial charge in [-0.1, -0.05) is 0 Å². The van der Waals surface area contributed by atoms with E-state index in [9.17, 15) is 0 Å². The molecular formula is C13H22IN3O2. The number of halogens is 1. The smallest absolute Gasteiger partial charge is 0.188 e. The fraction of sp³-hybridized carbons (Fsp3) is 0.462. The maximum absolute atomic E-state index is 5.66. The Morgan fingerprint density at radius 2 is 1.84 bits per heavy atom. The number of aliphatic imine (C=N–C) groups is 1. The second-order valence-electron chi connectivity index (χ2n) is 4.09. The zero-order chi connectivity index (χ0) is 13.4. The highest BCUT2D eigenvalue weighted by Gasteiger charge is 1.96. The zero-order valence-electron chi connectivity index (χ0n) is 11.6. The number of nitrogens with one attached hydrogen (secondary N) is 1. The fourth-order valence-corrected chi connectivity index (χ4v) is 1.34. The van der Waals surface area contributed by atoms with E-state index in [1.54, 1.807) is 7.11 Å². The molecule has 1 aromatic rings. The molecule has 0 aliphatic heterocycles. The Labute approximate surface area is 131 Å². The average molecular weight is 379 g/mol. The second kappa shape index (κ2) is 9.71. The van der Waals surface area contributed by atoms with Crippen LogP contribution in [0.15, 0.2) is 29.3 Å². The normalized spacial score (nSPS) is 10.8. The minimum atomic E-state index is 0. The topological polar surface area (TPSA) is 68.9 Å². The molecule has 0 atom stereocenters. The molecule has 0 heterocycles. The summed E-state index contributed by atoms with van der Waals surface area (Å²) >= 11 is 0. The van der Waals surface area contributed by atoms with Crippen LogP contribution in [0.5, 0.6) is 11.5 Å². The van der Waals surface area contributed by atoms with Crippen LogP contribution in [0.1, 0.15) is 13.8 Å². The van der Waals surface area contributed by atoms with Crippen molar-refractivity contribution in [2.45, 2.75) is 19.9 Å². The van der Waals surface area contributed by atoms with Gasteiger partial charge in [0.25, 0.3) is 0 Å². The van der Waals surface area contributed by atoms with Crippen molar-refractivity contribution >= 4 is 29.9 Å². The van der Waals surface area contributed by atoms with Gasteiger partial charge < -0.3 is 20.5 Å². The lowest BCUT2D eigenvalue weighted by Crippen LogP contribution is -2.37. The highest BCUT2D eigenvalue weighted by atomic mass is 127. The molecule has 1 aromatic carbocycles. The first-order chi connectivity index (χ1) is 8.61. The number of ether oxygens (including phenoxy) is 2. The van der Waals surface area contributed by atoms with Gasteiger partial charge in [-0.25, -0.2) is 4.99 Å². The molecule has 0 spiro atoms. The Kier molecular flexibility index (Phi) is 9.11. The van der Waals surface area contributed by atoms with Crippen molar-refractivity contribution in [2.24, 2.45) is 10.7 Å². The van der Waals surface area contributed by atoms with Gasteiger partial charge in [-0.3, -0.25) is 0 Å². The number of guanidine groups is 1. The van der Waals surface area contributed by atoms with E-state index in [2.05, 4.69) is 10.3 Å². The van der Waals surface area contributed by atoms with E-state index >= 15 is 0 Å². The average Bonchev–Trinajstić information content (AvgIpc) is 2.34. The fourth-order valence-electron chi connectivity index (χ4n) is 1.34. The Bertz CT molecular complexity index is 380. The summed E-state index contributed by atoms with van der Waals surface area (Å²) < 4.78 is 10.6. The third kappa shape index (κ3) is 7.76. The lowest BCUT2D eigenvalue weighted by molar-refractivity contribution is 0.327. The molecule has 0 aliphatic rings. The van der Waals surface area contributed by atoms with E-state index in [0.717, 1.165) is 11.5 Å². The van der Waals surface area contributed by atoms with Crippen molar-refractivity contribution in [3.05, 3.63) is 24.3 Å². The molecule has 6 heteroatoms. The van der Waals surface area contributed by atoms with Crippen molar-refractivity contribution < 1.29 is 9.47 Å². The minimum absolute atomic E-state index is 0. The van der Waals surface area contributed by atoms with Gasteiger partial charge in [-0.15, -0.1) is 24.0 Å². The number of hydrogen-bond acceptors (Lipinski definition) is 3. The summed E-state index contributed by atoms with van der Waals surface area (Å²) in [6.45, 7) is 5.04. The quantitative estimate of drug-likeness (QED) is 0.343. The van der Waals surface area contributed by atoms with Crippen molar-refractivity contribution in [3.8, 4) is 11.5 Å². The zero-order valence-corrected chi connectivity index (χ0v) is 13.9. The number of nitrogens with two attached hydrogens (primary N) is 1. The summed E-state index contributed by atoms with van der Waals surface area (Å²) in [6.07, 6.45) is 0. The van der Waals surface area contributed by atoms with E-state index in [4.69, 9.17) is 15.2 Å². The monoisotopic (exact) mass is 379 g/mol. The first-order valence-corrected chi connectivity index (χ1v) is 5.95. The van der Waals surface area contributed by atoms with E-state index in [1.165, 1.54) is 0 Å². The Morgan fingerprint density at radius 3 is 2.37 bits per heavy atom. The predicted octanol–water partition coefficient (Wildman–Crippen LogP) is 2.00. The van der Waals surface area contributed by atoms with Crippen LogP contribution in [0, 0.1) is 0 Å². The van der Waals surface area contributed by atoms with E-state index in [0.29, 0.717) is 19.1 Å². The van der Waals surface area contributed by atoms with Crippen molar-refractivity contribution in [1.29, 1.82) is 0 Å². The molecule has 0 saturated carbocycles. The molecule has 3 N–H and O–H groups in total. The van der Waals surface area contributed by atoms with Crippen LogP contribution in [0.4, 0.5) is 0 Å². The summed E-state index contributed by atoms with van der Waals surface area (Å²) in [5, 5.41) is 3.01. The minimum Gasteiger partial charge on any atom is -0.497 e. The van der Waals surface area contributed by atoms with Gasteiger partial charge in [0.05, 0.1) is 13.7 Å². The molecule has 0 bridgehead atoms. The van der Waals surface area contributed by atoms with E-state index in [-0.39, 0.29) is 30.0 Å². The number of benzene rings is 1. The van der Waals surface area contributed by atoms with Crippen LogP contribution in [0.2, 0.25) is 0 Å². The summed E-state index contributed by atoms with van der Waals surface area (Å²) in [6, 6.07) is 7.72. The van der Waals surface area contributed by atoms with Crippen molar-refractivity contribution in [2.75, 3.05) is 20.3 Å². The number of rotatable bonds is 6. The Morgan fingerprint density at radius 1 is 1.26 bits per heavy atom. The molecular weight excluding hydrogens is 357 g/mol. The molecule has 0 aliphatic carbocycles. The molecule has 0 fully saturated rings. The molecule has 108 valence electrons. The molecule has 0 unspecified atom stereocenters. The van der Waals surface area contributed by atoms with Gasteiger partial charge in [0.1, 0.15) is 18.1 Å². The summed E-state index contributed by atoms with van der Waals surface area (Å²) in [5.41, 5.74) is 5.66. The third-order valence-electron chi connectivity index (χ3n) is 2.14. The maximum atomic E-state index is 5.66. The SMILES string of the molecule is COc1ccc(OCCN=C(N)NC(C)C)cc1.I. The van der Waals surface area contributed by atoms with E-state index in [1.807, 2.05) is 38.1 Å². The molecule has 0 amide bonds. The van der Waals surface area contributed by atoms with Crippen LogP contribution in [-0.2, 0) is 0 Å². The van der Waals surface area contributed by atoms with Crippen LogP contribution in [-0.4, -0.2) is 32.3 Å². The highest BCUT2D eigenvalue weighted by Crippen LogP contribution is 2.16. The molecule has 1 rings (SSSR count).